The van der Waals surface area contributed by atoms with E-state index in [9.17, 15) is 18.4 Å². The van der Waals surface area contributed by atoms with Crippen molar-refractivity contribution in [2.75, 3.05) is 13.7 Å². The fourth-order valence-electron chi connectivity index (χ4n) is 3.09. The van der Waals surface area contributed by atoms with E-state index in [1.54, 1.807) is 26.8 Å². The number of rotatable bonds is 6. The smallest absolute Gasteiger partial charge is 0.387 e. The van der Waals surface area contributed by atoms with E-state index in [2.05, 4.69) is 10.1 Å². The molecule has 1 aromatic rings. The zero-order valence-corrected chi connectivity index (χ0v) is 15.5. The fraction of sp³-hybridized carbons (Fsp3) is 0.368. The number of carbonyl (C=O) groups is 2. The number of hydrogen-bond acceptors (Lipinski definition) is 6. The monoisotopic (exact) mass is 381 g/mol. The molecule has 1 aromatic carbocycles. The van der Waals surface area contributed by atoms with E-state index in [1.807, 2.05) is 0 Å². The van der Waals surface area contributed by atoms with Crippen molar-refractivity contribution < 1.29 is 32.6 Å². The first-order chi connectivity index (χ1) is 12.8. The normalized spacial score (nSPS) is 16.9. The molecule has 6 nitrogen and oxygen atoms in total. The number of methoxy groups -OCH3 is 1. The lowest BCUT2D eigenvalue weighted by molar-refractivity contribution is -0.139. The molecule has 1 aliphatic rings. The Balaban J connectivity index is 2.71. The van der Waals surface area contributed by atoms with E-state index in [4.69, 9.17) is 9.47 Å². The summed E-state index contributed by atoms with van der Waals surface area (Å²) in [7, 11) is 1.20. The Bertz CT molecular complexity index is 801. The van der Waals surface area contributed by atoms with Crippen molar-refractivity contribution in [2.45, 2.75) is 33.3 Å². The summed E-state index contributed by atoms with van der Waals surface area (Å²) in [5, 5.41) is 2.96. The van der Waals surface area contributed by atoms with Crippen molar-refractivity contribution in [3.63, 3.8) is 0 Å². The van der Waals surface area contributed by atoms with Crippen LogP contribution in [0.4, 0.5) is 8.78 Å². The lowest BCUT2D eigenvalue weighted by Crippen LogP contribution is -2.32. The number of para-hydroxylation sites is 1. The van der Waals surface area contributed by atoms with Gasteiger partial charge in [-0.2, -0.15) is 8.78 Å². The third-order valence-corrected chi connectivity index (χ3v) is 4.11. The Morgan fingerprint density at radius 2 is 1.70 bits per heavy atom. The molecule has 0 spiro atoms. The highest BCUT2D eigenvalue weighted by molar-refractivity contribution is 6.00. The number of allylic oxidation sites excluding steroid dienone is 2. The summed E-state index contributed by atoms with van der Waals surface area (Å²) in [6, 6.07) is 6.01. The number of halogens is 2. The quantitative estimate of drug-likeness (QED) is 0.763. The van der Waals surface area contributed by atoms with E-state index in [1.165, 1.54) is 25.3 Å². The molecule has 2 rings (SSSR count). The van der Waals surface area contributed by atoms with Gasteiger partial charge in [-0.1, -0.05) is 18.2 Å². The van der Waals surface area contributed by atoms with Crippen LogP contribution in [0.25, 0.3) is 0 Å². The molecular formula is C19H21F2NO5. The Labute approximate surface area is 155 Å². The van der Waals surface area contributed by atoms with Crippen LogP contribution in [0.2, 0.25) is 0 Å². The van der Waals surface area contributed by atoms with Gasteiger partial charge in [-0.15, -0.1) is 0 Å². The number of alkyl halides is 2. The van der Waals surface area contributed by atoms with Crippen LogP contribution in [-0.4, -0.2) is 32.3 Å². The predicted octanol–water partition coefficient (Wildman–Crippen LogP) is 3.26. The molecule has 1 N–H and O–H groups in total. The fourth-order valence-corrected chi connectivity index (χ4v) is 3.09. The van der Waals surface area contributed by atoms with Gasteiger partial charge in [0.1, 0.15) is 5.75 Å². The molecule has 0 saturated heterocycles. The van der Waals surface area contributed by atoms with Crippen molar-refractivity contribution in [3.8, 4) is 5.75 Å². The minimum atomic E-state index is -3.06. The Morgan fingerprint density at radius 1 is 1.11 bits per heavy atom. The third-order valence-electron chi connectivity index (χ3n) is 4.11. The SMILES string of the molecule is CCOC(=O)C1=C(C)NC(C)=C(C(=O)OC)[C@H]1c1ccccc1OC(F)F. The molecular weight excluding hydrogens is 360 g/mol. The first-order valence-electron chi connectivity index (χ1n) is 8.29. The number of dihydropyridines is 1. The van der Waals surface area contributed by atoms with Crippen LogP contribution in [0, 0.1) is 0 Å². The Kier molecular flexibility index (Phi) is 6.55. The molecule has 0 unspecified atom stereocenters. The minimum Gasteiger partial charge on any atom is -0.466 e. The van der Waals surface area contributed by atoms with Crippen molar-refractivity contribution >= 4 is 11.9 Å². The molecule has 0 amide bonds. The Hall–Kier alpha value is -2.90. The summed E-state index contributed by atoms with van der Waals surface area (Å²) >= 11 is 0. The molecule has 146 valence electrons. The average molecular weight is 381 g/mol. The predicted molar refractivity (Wildman–Crippen MR) is 93.0 cm³/mol. The maximum absolute atomic E-state index is 12.9. The lowest BCUT2D eigenvalue weighted by Gasteiger charge is -2.31. The molecule has 0 fully saturated rings. The van der Waals surface area contributed by atoms with Crippen molar-refractivity contribution in [1.29, 1.82) is 0 Å². The topological polar surface area (TPSA) is 73.9 Å². The van der Waals surface area contributed by atoms with Crippen LogP contribution in [0.1, 0.15) is 32.3 Å². The maximum atomic E-state index is 12.9. The average Bonchev–Trinajstić information content (AvgIpc) is 2.60. The van der Waals surface area contributed by atoms with Gasteiger partial charge in [0.2, 0.25) is 0 Å². The van der Waals surface area contributed by atoms with Crippen molar-refractivity contribution in [2.24, 2.45) is 0 Å². The van der Waals surface area contributed by atoms with E-state index in [-0.39, 0.29) is 29.1 Å². The number of ether oxygens (including phenoxy) is 3. The molecule has 0 saturated carbocycles. The second-order valence-electron chi connectivity index (χ2n) is 5.76. The number of carbonyl (C=O) groups excluding carboxylic acids is 2. The van der Waals surface area contributed by atoms with E-state index < -0.39 is 24.5 Å². The molecule has 0 aromatic heterocycles. The van der Waals surface area contributed by atoms with E-state index in [0.717, 1.165) is 0 Å². The number of esters is 2. The van der Waals surface area contributed by atoms with Crippen LogP contribution >= 0.6 is 0 Å². The van der Waals surface area contributed by atoms with Crippen LogP contribution < -0.4 is 10.1 Å². The van der Waals surface area contributed by atoms with Crippen molar-refractivity contribution in [3.05, 3.63) is 52.4 Å². The molecule has 27 heavy (non-hydrogen) atoms. The molecule has 8 heteroatoms. The molecule has 0 aliphatic carbocycles. The second-order valence-corrected chi connectivity index (χ2v) is 5.76. The summed E-state index contributed by atoms with van der Waals surface area (Å²) in [6.45, 7) is 1.99. The van der Waals surface area contributed by atoms with Gasteiger partial charge in [-0.25, -0.2) is 9.59 Å². The van der Waals surface area contributed by atoms with Gasteiger partial charge in [0.05, 0.1) is 30.8 Å². The maximum Gasteiger partial charge on any atom is 0.387 e. The lowest BCUT2D eigenvalue weighted by atomic mass is 9.80. The van der Waals surface area contributed by atoms with Gasteiger partial charge in [0, 0.05) is 17.0 Å². The highest BCUT2D eigenvalue weighted by Crippen LogP contribution is 2.42. The largest absolute Gasteiger partial charge is 0.466 e. The van der Waals surface area contributed by atoms with Gasteiger partial charge in [-0.3, -0.25) is 0 Å². The standard InChI is InChI=1S/C19H21F2NO5/c1-5-26-18(24)15-11(3)22-10(2)14(17(23)25-4)16(15)12-8-6-7-9-13(12)27-19(20)21/h6-9,16,19,22H,5H2,1-4H3/t16-/m1/s1. The van der Waals surface area contributed by atoms with Crippen molar-refractivity contribution in [1.82, 2.24) is 5.32 Å². The zero-order valence-electron chi connectivity index (χ0n) is 15.5. The number of hydrogen-bond donors (Lipinski definition) is 1. The molecule has 0 bridgehead atoms. The van der Waals surface area contributed by atoms with Gasteiger partial charge < -0.3 is 19.5 Å². The van der Waals surface area contributed by atoms with Gasteiger partial charge in [0.15, 0.2) is 0 Å². The first kappa shape index (κ1) is 20.4. The van der Waals surface area contributed by atoms with Crippen LogP contribution in [0.5, 0.6) is 5.75 Å². The minimum absolute atomic E-state index is 0.119. The van der Waals surface area contributed by atoms with Crippen LogP contribution in [0.3, 0.4) is 0 Å². The number of benzene rings is 1. The second kappa shape index (κ2) is 8.66. The van der Waals surface area contributed by atoms with E-state index in [0.29, 0.717) is 11.4 Å². The molecule has 0 radical (unpaired) electrons. The van der Waals surface area contributed by atoms with Crippen LogP contribution in [-0.2, 0) is 19.1 Å². The summed E-state index contributed by atoms with van der Waals surface area (Å²) in [5.41, 5.74) is 1.39. The summed E-state index contributed by atoms with van der Waals surface area (Å²) in [4.78, 5) is 25.0. The molecule has 1 atom stereocenters. The summed E-state index contributed by atoms with van der Waals surface area (Å²) < 4.78 is 40.3. The highest BCUT2D eigenvalue weighted by Gasteiger charge is 2.39. The summed E-state index contributed by atoms with van der Waals surface area (Å²) in [6.07, 6.45) is 0. The van der Waals surface area contributed by atoms with Crippen LogP contribution in [0.15, 0.2) is 46.8 Å². The first-order valence-corrected chi connectivity index (χ1v) is 8.29. The number of nitrogens with one attached hydrogen (secondary N) is 1. The van der Waals surface area contributed by atoms with Gasteiger partial charge in [-0.05, 0) is 26.8 Å². The summed E-state index contributed by atoms with van der Waals surface area (Å²) in [5.74, 6) is -2.46. The zero-order chi connectivity index (χ0) is 20.1. The molecule has 1 aliphatic heterocycles. The van der Waals surface area contributed by atoms with E-state index >= 15 is 0 Å². The molecule has 1 heterocycles. The highest BCUT2D eigenvalue weighted by atomic mass is 19.3. The third kappa shape index (κ3) is 4.27. The Morgan fingerprint density at radius 3 is 2.26 bits per heavy atom. The van der Waals surface area contributed by atoms with Gasteiger partial charge in [0.25, 0.3) is 0 Å². The van der Waals surface area contributed by atoms with Gasteiger partial charge >= 0.3 is 18.6 Å².